The molecule has 0 bridgehead atoms. The molecule has 6 heteroatoms. The van der Waals surface area contributed by atoms with E-state index in [2.05, 4.69) is 10.3 Å². The molecule has 0 aliphatic carbocycles. The number of nitrogens with zero attached hydrogens (tertiary/aromatic N) is 1. The average Bonchev–Trinajstić information content (AvgIpc) is 2.41. The van der Waals surface area contributed by atoms with Crippen LogP contribution in [0, 0.1) is 5.82 Å². The van der Waals surface area contributed by atoms with E-state index in [0.717, 1.165) is 11.8 Å². The highest BCUT2D eigenvalue weighted by Gasteiger charge is 2.11. The highest BCUT2D eigenvalue weighted by Crippen LogP contribution is 2.13. The van der Waals surface area contributed by atoms with Gasteiger partial charge in [0.05, 0.1) is 18.2 Å². The maximum Gasteiger partial charge on any atom is 0.258 e. The Balaban J connectivity index is 2.09. The van der Waals surface area contributed by atoms with Crippen molar-refractivity contribution in [3.8, 4) is 0 Å². The molecule has 0 aliphatic rings. The summed E-state index contributed by atoms with van der Waals surface area (Å²) < 4.78 is 13.4. The molecular formula is C14H12FN3O2. The van der Waals surface area contributed by atoms with Gasteiger partial charge in [-0.2, -0.15) is 0 Å². The fourth-order valence-corrected chi connectivity index (χ4v) is 1.66. The van der Waals surface area contributed by atoms with E-state index in [-0.39, 0.29) is 12.0 Å². The van der Waals surface area contributed by atoms with Gasteiger partial charge in [0, 0.05) is 11.9 Å². The van der Waals surface area contributed by atoms with Crippen LogP contribution in [0.15, 0.2) is 42.7 Å². The molecule has 2 aromatic rings. The van der Waals surface area contributed by atoms with E-state index in [9.17, 15) is 14.0 Å². The number of halogens is 1. The first kappa shape index (κ1) is 13.7. The van der Waals surface area contributed by atoms with Gasteiger partial charge in [-0.1, -0.05) is 12.1 Å². The molecule has 0 spiro atoms. The van der Waals surface area contributed by atoms with Crippen LogP contribution in [-0.4, -0.2) is 16.8 Å². The number of nitrogens with one attached hydrogen (secondary N) is 1. The summed E-state index contributed by atoms with van der Waals surface area (Å²) >= 11 is 0. The Bertz CT molecular complexity index is 641. The lowest BCUT2D eigenvalue weighted by atomic mass is 10.1. The number of pyridine rings is 1. The van der Waals surface area contributed by atoms with Crippen LogP contribution in [-0.2, 0) is 11.2 Å². The zero-order chi connectivity index (χ0) is 14.5. The number of anilines is 1. The first-order valence-electron chi connectivity index (χ1n) is 5.84. The Morgan fingerprint density at radius 2 is 1.90 bits per heavy atom. The molecule has 2 rings (SSSR count). The lowest BCUT2D eigenvalue weighted by Gasteiger charge is -2.06. The van der Waals surface area contributed by atoms with E-state index in [1.807, 2.05) is 0 Å². The van der Waals surface area contributed by atoms with Crippen molar-refractivity contribution in [2.75, 3.05) is 5.32 Å². The molecule has 2 amide bonds. The van der Waals surface area contributed by atoms with E-state index in [0.29, 0.717) is 5.69 Å². The van der Waals surface area contributed by atoms with Crippen LogP contribution in [0.2, 0.25) is 0 Å². The number of carbonyl (C=O) groups is 2. The van der Waals surface area contributed by atoms with Crippen LogP contribution in [0.25, 0.3) is 0 Å². The minimum Gasteiger partial charge on any atom is -0.369 e. The highest BCUT2D eigenvalue weighted by molar-refractivity contribution is 6.04. The van der Waals surface area contributed by atoms with Crippen LogP contribution < -0.4 is 11.1 Å². The number of primary amides is 1. The van der Waals surface area contributed by atoms with Crippen LogP contribution in [0.3, 0.4) is 0 Å². The second-order valence-electron chi connectivity index (χ2n) is 4.15. The van der Waals surface area contributed by atoms with E-state index in [1.165, 1.54) is 12.3 Å². The van der Waals surface area contributed by atoms with E-state index >= 15 is 0 Å². The first-order valence-corrected chi connectivity index (χ1v) is 5.84. The van der Waals surface area contributed by atoms with E-state index < -0.39 is 17.6 Å². The van der Waals surface area contributed by atoms with E-state index in [4.69, 9.17) is 5.73 Å². The molecule has 20 heavy (non-hydrogen) atoms. The van der Waals surface area contributed by atoms with Crippen LogP contribution in [0.4, 0.5) is 10.1 Å². The molecule has 0 saturated heterocycles. The summed E-state index contributed by atoms with van der Waals surface area (Å²) in [6.07, 6.45) is 2.45. The molecule has 0 aliphatic heterocycles. The molecule has 3 N–H and O–H groups in total. The lowest BCUT2D eigenvalue weighted by molar-refractivity contribution is -0.117. The SMILES string of the molecule is NC(=O)Cc1ccc(NC(=O)c2ccncc2F)cc1. The minimum absolute atomic E-state index is 0.0822. The largest absolute Gasteiger partial charge is 0.369 e. The molecule has 0 fully saturated rings. The molecule has 1 aromatic heterocycles. The van der Waals surface area contributed by atoms with Gasteiger partial charge < -0.3 is 11.1 Å². The Morgan fingerprint density at radius 3 is 2.50 bits per heavy atom. The quantitative estimate of drug-likeness (QED) is 0.885. The molecular weight excluding hydrogens is 261 g/mol. The maximum absolute atomic E-state index is 13.4. The number of hydrogen-bond donors (Lipinski definition) is 2. The number of carbonyl (C=O) groups excluding carboxylic acids is 2. The fourth-order valence-electron chi connectivity index (χ4n) is 1.66. The summed E-state index contributed by atoms with van der Waals surface area (Å²) in [6, 6.07) is 7.88. The van der Waals surface area contributed by atoms with Gasteiger partial charge in [-0.15, -0.1) is 0 Å². The summed E-state index contributed by atoms with van der Waals surface area (Å²) in [5.74, 6) is -1.68. The van der Waals surface area contributed by atoms with Crippen molar-refractivity contribution in [2.24, 2.45) is 5.73 Å². The number of benzene rings is 1. The average molecular weight is 273 g/mol. The fraction of sp³-hybridized carbons (Fsp3) is 0.0714. The van der Waals surface area contributed by atoms with Crippen molar-refractivity contribution < 1.29 is 14.0 Å². The van der Waals surface area contributed by atoms with Crippen molar-refractivity contribution in [2.45, 2.75) is 6.42 Å². The van der Waals surface area contributed by atoms with E-state index in [1.54, 1.807) is 24.3 Å². The third kappa shape index (κ3) is 3.38. The molecule has 0 saturated carbocycles. The lowest BCUT2D eigenvalue weighted by Crippen LogP contribution is -2.15. The summed E-state index contributed by atoms with van der Waals surface area (Å²) in [4.78, 5) is 26.2. The second kappa shape index (κ2) is 5.92. The third-order valence-corrected chi connectivity index (χ3v) is 2.61. The second-order valence-corrected chi connectivity index (χ2v) is 4.15. The minimum atomic E-state index is -0.685. The Labute approximate surface area is 114 Å². The topological polar surface area (TPSA) is 85.1 Å². The van der Waals surface area contributed by atoms with Gasteiger partial charge in [0.25, 0.3) is 5.91 Å². The maximum atomic E-state index is 13.4. The third-order valence-electron chi connectivity index (χ3n) is 2.61. The summed E-state index contributed by atoms with van der Waals surface area (Å²) in [5, 5.41) is 2.56. The molecule has 0 unspecified atom stereocenters. The van der Waals surface area contributed by atoms with Gasteiger partial charge in [-0.05, 0) is 23.8 Å². The Hall–Kier alpha value is -2.76. The Kier molecular flexibility index (Phi) is 4.05. The monoisotopic (exact) mass is 273 g/mol. The van der Waals surface area contributed by atoms with Crippen LogP contribution in [0.5, 0.6) is 0 Å². The van der Waals surface area contributed by atoms with Crippen molar-refractivity contribution in [3.05, 3.63) is 59.7 Å². The predicted octanol–water partition coefficient (Wildman–Crippen LogP) is 1.50. The van der Waals surface area contributed by atoms with Gasteiger partial charge in [0.15, 0.2) is 5.82 Å². The number of nitrogens with two attached hydrogens (primary N) is 1. The summed E-state index contributed by atoms with van der Waals surface area (Å²) in [7, 11) is 0. The van der Waals surface area contributed by atoms with Gasteiger partial charge >= 0.3 is 0 Å². The Morgan fingerprint density at radius 1 is 1.20 bits per heavy atom. The molecule has 0 atom stereocenters. The van der Waals surface area contributed by atoms with Gasteiger partial charge in [0.1, 0.15) is 0 Å². The number of rotatable bonds is 4. The molecule has 102 valence electrons. The van der Waals surface area contributed by atoms with Crippen molar-refractivity contribution in [1.29, 1.82) is 0 Å². The number of amides is 2. The zero-order valence-corrected chi connectivity index (χ0v) is 10.5. The number of hydrogen-bond acceptors (Lipinski definition) is 3. The van der Waals surface area contributed by atoms with Crippen LogP contribution in [0.1, 0.15) is 15.9 Å². The summed E-state index contributed by atoms with van der Waals surface area (Å²) in [5.41, 5.74) is 6.24. The number of aromatic nitrogens is 1. The van der Waals surface area contributed by atoms with Crippen LogP contribution >= 0.6 is 0 Å². The molecule has 5 nitrogen and oxygen atoms in total. The van der Waals surface area contributed by atoms with Gasteiger partial charge in [0.2, 0.25) is 5.91 Å². The smallest absolute Gasteiger partial charge is 0.258 e. The molecule has 0 radical (unpaired) electrons. The van der Waals surface area contributed by atoms with Gasteiger partial charge in [-0.25, -0.2) is 4.39 Å². The predicted molar refractivity (Wildman–Crippen MR) is 71.5 cm³/mol. The van der Waals surface area contributed by atoms with Crippen molar-refractivity contribution in [1.82, 2.24) is 4.98 Å². The zero-order valence-electron chi connectivity index (χ0n) is 10.5. The van der Waals surface area contributed by atoms with Gasteiger partial charge in [-0.3, -0.25) is 14.6 Å². The normalized spacial score (nSPS) is 10.1. The summed E-state index contributed by atoms with van der Waals surface area (Å²) in [6.45, 7) is 0. The standard InChI is InChI=1S/C14H12FN3O2/c15-12-8-17-6-5-11(12)14(20)18-10-3-1-9(2-4-10)7-13(16)19/h1-6,8H,7H2,(H2,16,19)(H,18,20). The van der Waals surface area contributed by atoms with Crippen molar-refractivity contribution >= 4 is 17.5 Å². The highest BCUT2D eigenvalue weighted by atomic mass is 19.1. The van der Waals surface area contributed by atoms with Crippen molar-refractivity contribution in [3.63, 3.8) is 0 Å². The molecule has 1 aromatic carbocycles. The molecule has 1 heterocycles. The first-order chi connectivity index (χ1) is 9.56.